The molecule has 10 rings (SSSR count). The van der Waals surface area contributed by atoms with E-state index >= 15 is 0 Å². The third kappa shape index (κ3) is 6.75. The molecular formula is C52H51FIrN2OSi-2. The normalized spacial score (nSPS) is 17.9. The molecule has 8 aromatic rings. The topological polar surface area (TPSA) is 38.9 Å². The van der Waals surface area contributed by atoms with E-state index < -0.39 is 20.8 Å². The van der Waals surface area contributed by atoms with Gasteiger partial charge in [0.1, 0.15) is 5.58 Å². The average molecular weight is 963 g/mol. The summed E-state index contributed by atoms with van der Waals surface area (Å²) in [5.41, 5.74) is 7.33. The Bertz CT molecular complexity index is 3030. The van der Waals surface area contributed by atoms with Gasteiger partial charge in [-0.15, -0.1) is 47.5 Å². The first-order chi connectivity index (χ1) is 28.8. The fraction of sp³-hybridized carbons (Fsp3) is 0.308. The van der Waals surface area contributed by atoms with Gasteiger partial charge >= 0.3 is 0 Å². The van der Waals surface area contributed by atoms with Gasteiger partial charge in [-0.05, 0) is 97.8 Å². The molecule has 6 heteroatoms. The third-order valence-corrected chi connectivity index (χ3v) is 15.1. The number of halogens is 1. The summed E-state index contributed by atoms with van der Waals surface area (Å²) < 4.78 is 53.9. The van der Waals surface area contributed by atoms with Crippen LogP contribution in [0.4, 0.5) is 4.39 Å². The Kier molecular flexibility index (Phi) is 9.15. The van der Waals surface area contributed by atoms with Crippen molar-refractivity contribution in [3.8, 4) is 22.5 Å². The summed E-state index contributed by atoms with van der Waals surface area (Å²) >= 11 is 0. The Hall–Kier alpha value is -4.48. The predicted molar refractivity (Wildman–Crippen MR) is 239 cm³/mol. The molecule has 1 fully saturated rings. The predicted octanol–water partition coefficient (Wildman–Crippen LogP) is 13.9. The number of nitrogens with zero attached hydrogens (tertiary/aromatic N) is 2. The number of benzene rings is 5. The summed E-state index contributed by atoms with van der Waals surface area (Å²) in [5, 5.41) is 7.99. The van der Waals surface area contributed by atoms with Crippen molar-refractivity contribution in [2.24, 2.45) is 0 Å². The molecule has 3 nitrogen and oxygen atoms in total. The first kappa shape index (κ1) is 35.5. The summed E-state index contributed by atoms with van der Waals surface area (Å²) in [6.07, 6.45) is 7.69. The molecule has 0 amide bonds. The molecule has 0 bridgehead atoms. The first-order valence-corrected chi connectivity index (χ1v) is 23.7. The average Bonchev–Trinajstić information content (AvgIpc) is 3.59. The number of furan rings is 1. The van der Waals surface area contributed by atoms with Crippen molar-refractivity contribution in [1.29, 1.82) is 0 Å². The van der Waals surface area contributed by atoms with E-state index in [4.69, 9.17) is 13.5 Å². The van der Waals surface area contributed by atoms with Gasteiger partial charge in [-0.1, -0.05) is 132 Å². The monoisotopic (exact) mass is 963 g/mol. The zero-order valence-electron chi connectivity index (χ0n) is 38.3. The second-order valence-electron chi connectivity index (χ2n) is 18.1. The molecular weight excluding hydrogens is 908 g/mol. The van der Waals surface area contributed by atoms with Crippen LogP contribution < -0.4 is 5.19 Å². The Labute approximate surface area is 362 Å². The van der Waals surface area contributed by atoms with Crippen molar-refractivity contribution in [3.05, 3.63) is 138 Å². The molecule has 0 aliphatic heterocycles. The van der Waals surface area contributed by atoms with Gasteiger partial charge in [-0.25, -0.2) is 0 Å². The van der Waals surface area contributed by atoms with Crippen molar-refractivity contribution in [1.82, 2.24) is 9.97 Å². The Balaban J connectivity index is 0.000000190. The van der Waals surface area contributed by atoms with E-state index in [0.717, 1.165) is 63.2 Å². The maximum absolute atomic E-state index is 13.8. The van der Waals surface area contributed by atoms with E-state index in [-0.39, 0.29) is 42.3 Å². The second-order valence-corrected chi connectivity index (χ2v) is 23.1. The van der Waals surface area contributed by atoms with E-state index in [9.17, 15) is 5.76 Å². The van der Waals surface area contributed by atoms with E-state index in [1.54, 1.807) is 6.07 Å². The molecule has 2 aliphatic rings. The van der Waals surface area contributed by atoms with Gasteiger partial charge in [0, 0.05) is 49.2 Å². The van der Waals surface area contributed by atoms with Crippen molar-refractivity contribution >= 4 is 56.7 Å². The second kappa shape index (κ2) is 15.0. The molecule has 0 atom stereocenters. The number of aromatic nitrogens is 2. The fourth-order valence-corrected chi connectivity index (χ4v) is 9.98. The molecule has 58 heavy (non-hydrogen) atoms. The van der Waals surface area contributed by atoms with E-state index in [1.807, 2.05) is 30.5 Å². The summed E-state index contributed by atoms with van der Waals surface area (Å²) in [6.45, 7) is 13.6. The first-order valence-electron chi connectivity index (χ1n) is 22.2. The molecule has 297 valence electrons. The summed E-state index contributed by atoms with van der Waals surface area (Å²) in [4.78, 5) is 9.38. The van der Waals surface area contributed by atoms with Crippen LogP contribution in [0.25, 0.3) is 66.0 Å². The van der Waals surface area contributed by atoms with Crippen LogP contribution in [0, 0.1) is 24.8 Å². The Morgan fingerprint density at radius 1 is 0.776 bits per heavy atom. The van der Waals surface area contributed by atoms with Gasteiger partial charge in [-0.3, -0.25) is 4.39 Å². The molecule has 0 saturated heterocycles. The van der Waals surface area contributed by atoms with Crippen molar-refractivity contribution in [3.63, 3.8) is 0 Å². The number of aryl methyl sites for hydroxylation is 1. The van der Waals surface area contributed by atoms with Crippen LogP contribution in [0.2, 0.25) is 19.6 Å². The quantitative estimate of drug-likeness (QED) is 0.101. The van der Waals surface area contributed by atoms with Crippen LogP contribution in [0.1, 0.15) is 93.4 Å². The molecule has 3 aromatic heterocycles. The van der Waals surface area contributed by atoms with Gasteiger partial charge in [-0.2, -0.15) is 0 Å². The molecule has 0 N–H and O–H groups in total. The van der Waals surface area contributed by atoms with Crippen LogP contribution in [0.5, 0.6) is 0 Å². The third-order valence-electron chi connectivity index (χ3n) is 13.1. The van der Waals surface area contributed by atoms with Gasteiger partial charge in [0.25, 0.3) is 0 Å². The van der Waals surface area contributed by atoms with Gasteiger partial charge in [0.05, 0.1) is 13.7 Å². The van der Waals surface area contributed by atoms with Crippen LogP contribution in [0.15, 0.2) is 102 Å². The molecule has 1 saturated carbocycles. The van der Waals surface area contributed by atoms with Crippen LogP contribution in [0.3, 0.4) is 0 Å². The standard InChI is InChI=1S/C32H26NO.C20H25FNSi.Ir/c1-20-19-33-30(17-27(20)21-8-3-2-4-9-21)26-13-7-12-25-29-16-23-15-14-22-10-5-6-11-24(22)28(23)18-31(29)34-32(25)26;1-19(2)16-10-13(21)8-9-15(16)18-17(20(19,3)4)11-14(12-22-18)23(5,6)7;/h5-7,10-12,14-19,21H,2-4,8-9H2,1H3;8,10-12H,1-7H3;/q2*-1;/i1D3,21D;;. The smallest absolute Gasteiger partial charge is 0.121 e. The number of fused-ring (bicyclic) bond motifs is 9. The minimum absolute atomic E-state index is 0. The van der Waals surface area contributed by atoms with Crippen molar-refractivity contribution in [2.45, 2.75) is 103 Å². The number of hydrogen-bond donors (Lipinski definition) is 0. The largest absolute Gasteiger partial charge is 0.501 e. The minimum atomic E-state index is -2.33. The molecule has 3 heterocycles. The van der Waals surface area contributed by atoms with Gasteiger partial charge < -0.3 is 14.4 Å². The minimum Gasteiger partial charge on any atom is -0.501 e. The summed E-state index contributed by atoms with van der Waals surface area (Å²) in [6, 6.07) is 34.4. The van der Waals surface area contributed by atoms with Gasteiger partial charge in [0.15, 0.2) is 0 Å². The molecule has 0 unspecified atom stereocenters. The number of rotatable bonds is 3. The molecule has 5 aromatic carbocycles. The maximum Gasteiger partial charge on any atom is 0.121 e. The van der Waals surface area contributed by atoms with E-state index in [1.165, 1.54) is 33.8 Å². The zero-order valence-corrected chi connectivity index (χ0v) is 37.7. The summed E-state index contributed by atoms with van der Waals surface area (Å²) in [5.74, 6) is -1.16. The van der Waals surface area contributed by atoms with E-state index in [2.05, 4.69) is 113 Å². The molecule has 0 spiro atoms. The zero-order chi connectivity index (χ0) is 43.3. The van der Waals surface area contributed by atoms with Crippen molar-refractivity contribution in [2.75, 3.05) is 0 Å². The van der Waals surface area contributed by atoms with Crippen LogP contribution in [-0.4, -0.2) is 18.0 Å². The van der Waals surface area contributed by atoms with Crippen LogP contribution in [-0.2, 0) is 30.9 Å². The molecule has 2 aliphatic carbocycles. The van der Waals surface area contributed by atoms with Crippen LogP contribution >= 0.6 is 0 Å². The Morgan fingerprint density at radius 3 is 2.31 bits per heavy atom. The van der Waals surface area contributed by atoms with Gasteiger partial charge in [0.2, 0.25) is 0 Å². The van der Waals surface area contributed by atoms with E-state index in [0.29, 0.717) is 35.2 Å². The van der Waals surface area contributed by atoms with Crippen molar-refractivity contribution < 1.29 is 34.4 Å². The number of pyridine rings is 2. The SMILES string of the molecule is CC1(C)c2cc(F)c[c-]c2-c2ncc([Si](C)(C)C)cc2C1(C)C.[2H]C([2H])([2H])c1cnc(-c2[c-]ccc3c2oc2cc4c(ccc5ccccc54)cc23)cc1C1([2H])CCCCC1.[Ir]. The maximum atomic E-state index is 13.8. The molecule has 1 radical (unpaired) electrons. The summed E-state index contributed by atoms with van der Waals surface area (Å²) in [7, 11) is -1.43. The Morgan fingerprint density at radius 2 is 1.53 bits per heavy atom. The fourth-order valence-electron chi connectivity index (χ4n) is 8.95. The number of hydrogen-bond acceptors (Lipinski definition) is 3.